The van der Waals surface area contributed by atoms with Crippen molar-refractivity contribution in [2.24, 2.45) is 5.92 Å². The first-order valence-corrected chi connectivity index (χ1v) is 17.7. The Morgan fingerprint density at radius 1 is 1.02 bits per heavy atom. The summed E-state index contributed by atoms with van der Waals surface area (Å²) in [6.07, 6.45) is 6.90. The fourth-order valence-corrected chi connectivity index (χ4v) is 6.01. The normalized spacial score (nSPS) is 21.6. The van der Waals surface area contributed by atoms with Crippen LogP contribution < -0.4 is 10.6 Å². The minimum Gasteiger partial charge on any atom is -0.510 e. The molecule has 1 aromatic carbocycles. The maximum atomic E-state index is 14.6. The summed E-state index contributed by atoms with van der Waals surface area (Å²) < 4.78 is 54.0. The summed E-state index contributed by atoms with van der Waals surface area (Å²) in [6.45, 7) is 7.51. The van der Waals surface area contributed by atoms with E-state index < -0.39 is 64.8 Å². The molecule has 2 amide bonds. The van der Waals surface area contributed by atoms with Crippen LogP contribution >= 0.6 is 0 Å². The van der Waals surface area contributed by atoms with Crippen LogP contribution in [0, 0.1) is 5.92 Å². The quantitative estimate of drug-likeness (QED) is 0.0852. The van der Waals surface area contributed by atoms with Crippen molar-refractivity contribution in [3.63, 3.8) is 0 Å². The summed E-state index contributed by atoms with van der Waals surface area (Å²) in [5.41, 5.74) is -6.19. The number of aliphatic hydroxyl groups excluding tert-OH is 1. The molecule has 0 saturated heterocycles. The van der Waals surface area contributed by atoms with Gasteiger partial charge >= 0.3 is 12.1 Å². The summed E-state index contributed by atoms with van der Waals surface area (Å²) in [6, 6.07) is 6.01. The molecule has 4 N–H and O–H groups in total. The average Bonchev–Trinajstić information content (AvgIpc) is 3.43. The summed E-state index contributed by atoms with van der Waals surface area (Å²) >= 11 is 0. The Kier molecular flexibility index (Phi) is 15.5. The van der Waals surface area contributed by atoms with Crippen molar-refractivity contribution in [1.29, 1.82) is 0 Å². The molecular weight excluding hydrogens is 721 g/mol. The number of benzene rings is 1. The number of aliphatic hydroxyl groups is 2. The Morgan fingerprint density at radius 3 is 2.29 bits per heavy atom. The minimum atomic E-state index is -5.34. The molecule has 0 aliphatic heterocycles. The first-order valence-electron chi connectivity index (χ1n) is 17.7. The molecule has 1 unspecified atom stereocenters. The second kappa shape index (κ2) is 19.3. The van der Waals surface area contributed by atoms with Gasteiger partial charge in [-0.15, -0.1) is 0 Å². The van der Waals surface area contributed by atoms with Crippen LogP contribution in [0.3, 0.4) is 0 Å². The van der Waals surface area contributed by atoms with Gasteiger partial charge in [-0.2, -0.15) is 13.2 Å². The molecule has 4 atom stereocenters. The lowest BCUT2D eigenvalue weighted by Gasteiger charge is -2.38. The highest BCUT2D eigenvalue weighted by molar-refractivity contribution is 6.05. The number of unbranched alkanes of at least 4 members (excludes halogenated alkanes) is 1. The van der Waals surface area contributed by atoms with Crippen molar-refractivity contribution >= 4 is 29.4 Å². The van der Waals surface area contributed by atoms with E-state index in [0.717, 1.165) is 55.2 Å². The Balaban J connectivity index is 1.94. The van der Waals surface area contributed by atoms with Crippen LogP contribution in [0.4, 0.5) is 13.2 Å². The number of methoxy groups -OCH3 is 1. The van der Waals surface area contributed by atoms with Gasteiger partial charge in [0.25, 0.3) is 11.5 Å². The van der Waals surface area contributed by atoms with E-state index in [2.05, 4.69) is 24.5 Å². The van der Waals surface area contributed by atoms with Gasteiger partial charge in [0.1, 0.15) is 23.2 Å². The van der Waals surface area contributed by atoms with E-state index in [1.807, 2.05) is 13.0 Å². The Bertz CT molecular complexity index is 1840. The van der Waals surface area contributed by atoms with Crippen LogP contribution in [0.2, 0.25) is 0 Å². The van der Waals surface area contributed by atoms with Gasteiger partial charge in [0.05, 0.1) is 12.1 Å². The lowest BCUT2D eigenvalue weighted by Crippen LogP contribution is -2.56. The Hall–Kier alpha value is -5.34. The van der Waals surface area contributed by atoms with Gasteiger partial charge in [0.2, 0.25) is 5.91 Å². The molecule has 3 rings (SSSR count). The molecule has 0 spiro atoms. The molecule has 2 aliphatic rings. The standard InChI is InChI=1S/C41H47F3N2O9/c1-6-7-15-26(2)22-27(3)23-28(4)37(51)45-30-25-39(53,21-14-9-8-13-18-35(50)46-36-31(47)19-20-32(36)48)34(24-33(30)49)55-38(52)40(54-5,41(42,43)44)29-16-11-10-12-17-29/h8-14,16-18,21-23,25-26,34,47,53H,6-7,15,19-20,24H2,1-5H3,(H,45,51)(H,46,50)/b9-8+,18-13+,21-14+,27-22+,28-23+/t26?,34-,39+,40+/m1/s1. The molecule has 2 aliphatic carbocycles. The molecule has 0 aromatic heterocycles. The van der Waals surface area contributed by atoms with Crippen LogP contribution in [0.1, 0.15) is 71.8 Å². The van der Waals surface area contributed by atoms with Crippen molar-refractivity contribution in [3.8, 4) is 0 Å². The van der Waals surface area contributed by atoms with Crippen molar-refractivity contribution in [2.45, 2.75) is 89.7 Å². The predicted octanol–water partition coefficient (Wildman–Crippen LogP) is 6.34. The van der Waals surface area contributed by atoms with Crippen molar-refractivity contribution < 1.29 is 56.8 Å². The second-order valence-electron chi connectivity index (χ2n) is 13.4. The van der Waals surface area contributed by atoms with Gasteiger partial charge in [-0.05, 0) is 38.3 Å². The third-order valence-corrected chi connectivity index (χ3v) is 8.94. The third-order valence-electron chi connectivity index (χ3n) is 8.94. The number of carbonyl (C=O) groups excluding carboxylic acids is 5. The van der Waals surface area contributed by atoms with Crippen molar-refractivity contribution in [3.05, 3.63) is 119 Å². The van der Waals surface area contributed by atoms with Gasteiger partial charge < -0.3 is 30.3 Å². The topological polar surface area (TPSA) is 168 Å². The fraction of sp³-hybridized carbons (Fsp3) is 0.390. The summed E-state index contributed by atoms with van der Waals surface area (Å²) in [7, 11) is 0.676. The van der Waals surface area contributed by atoms with E-state index in [1.54, 1.807) is 6.08 Å². The lowest BCUT2D eigenvalue weighted by atomic mass is 9.84. The Morgan fingerprint density at radius 2 is 1.69 bits per heavy atom. The van der Waals surface area contributed by atoms with Gasteiger partial charge in [-0.3, -0.25) is 19.2 Å². The highest BCUT2D eigenvalue weighted by Crippen LogP contribution is 2.44. The number of alkyl halides is 3. The highest BCUT2D eigenvalue weighted by Gasteiger charge is 2.65. The zero-order chi connectivity index (χ0) is 41.0. The first-order chi connectivity index (χ1) is 25.9. The van der Waals surface area contributed by atoms with Crippen LogP contribution in [0.25, 0.3) is 0 Å². The van der Waals surface area contributed by atoms with E-state index >= 15 is 0 Å². The molecule has 296 valence electrons. The average molecular weight is 769 g/mol. The van der Waals surface area contributed by atoms with Crippen LogP contribution in [0.15, 0.2) is 113 Å². The third kappa shape index (κ3) is 11.3. The number of ketones is 2. The fourth-order valence-electron chi connectivity index (χ4n) is 6.01. The molecule has 11 nitrogen and oxygen atoms in total. The van der Waals surface area contributed by atoms with Crippen LogP contribution in [0.5, 0.6) is 0 Å². The van der Waals surface area contributed by atoms with Gasteiger partial charge in [0.15, 0.2) is 11.6 Å². The number of esters is 1. The molecule has 0 heterocycles. The maximum absolute atomic E-state index is 14.6. The van der Waals surface area contributed by atoms with Crippen molar-refractivity contribution in [2.75, 3.05) is 7.11 Å². The Labute approximate surface area is 318 Å². The molecule has 0 fully saturated rings. The summed E-state index contributed by atoms with van der Waals surface area (Å²) in [4.78, 5) is 64.0. The number of hydrogen-bond acceptors (Lipinski definition) is 9. The largest absolute Gasteiger partial charge is 0.510 e. The monoisotopic (exact) mass is 768 g/mol. The predicted molar refractivity (Wildman–Crippen MR) is 198 cm³/mol. The number of Topliss-reactive ketones (excluding diaryl/α,β-unsaturated/α-hetero) is 2. The SMILES string of the molecule is CCCCC(C)/C=C(C)/C=C(\C)C(=O)NC1=C[C@@](O)(/C=C/C=C/C=C/C(=O)NC2=C(O)CCC2=O)[C@H](OC(=O)[C@@](OC)(c2ccccc2)C(F)(F)F)CC1=O. The van der Waals surface area contributed by atoms with Gasteiger partial charge in [0, 0.05) is 37.2 Å². The molecule has 0 saturated carbocycles. The van der Waals surface area contributed by atoms with E-state index in [-0.39, 0.29) is 41.5 Å². The van der Waals surface area contributed by atoms with E-state index in [0.29, 0.717) is 7.11 Å². The summed E-state index contributed by atoms with van der Waals surface area (Å²) in [5, 5.41) is 26.3. The zero-order valence-electron chi connectivity index (χ0n) is 31.4. The number of amides is 2. The van der Waals surface area contributed by atoms with Crippen LogP contribution in [-0.2, 0) is 39.0 Å². The number of hydrogen-bond donors (Lipinski definition) is 4. The highest BCUT2D eigenvalue weighted by atomic mass is 19.4. The zero-order valence-corrected chi connectivity index (χ0v) is 31.4. The molecule has 55 heavy (non-hydrogen) atoms. The van der Waals surface area contributed by atoms with Crippen LogP contribution in [-0.4, -0.2) is 64.6 Å². The van der Waals surface area contributed by atoms with Gasteiger partial charge in [-0.25, -0.2) is 4.79 Å². The smallest absolute Gasteiger partial charge is 0.432 e. The summed E-state index contributed by atoms with van der Waals surface area (Å²) in [5.74, 6) is -4.54. The maximum Gasteiger partial charge on any atom is 0.432 e. The molecule has 14 heteroatoms. The molecular formula is C41H47F3N2O9. The molecule has 0 bridgehead atoms. The number of nitrogens with one attached hydrogen (secondary N) is 2. The minimum absolute atomic E-state index is 0.0707. The number of carbonyl (C=O) groups is 5. The number of halogens is 3. The second-order valence-corrected chi connectivity index (χ2v) is 13.4. The number of ether oxygens (including phenoxy) is 2. The number of rotatable bonds is 16. The lowest BCUT2D eigenvalue weighted by molar-refractivity contribution is -0.280. The molecule has 0 radical (unpaired) electrons. The van der Waals surface area contributed by atoms with Gasteiger partial charge in [-0.1, -0.05) is 99.1 Å². The molecule has 1 aromatic rings. The van der Waals surface area contributed by atoms with E-state index in [1.165, 1.54) is 49.4 Å². The van der Waals surface area contributed by atoms with Crippen molar-refractivity contribution in [1.82, 2.24) is 10.6 Å². The van der Waals surface area contributed by atoms with E-state index in [9.17, 15) is 47.4 Å². The number of allylic oxidation sites excluding steroid dienone is 10. The first kappa shape index (κ1) is 44.1. The van der Waals surface area contributed by atoms with E-state index in [4.69, 9.17) is 9.47 Å².